The normalized spacial score (nSPS) is 14.3. The fraction of sp³-hybridized carbons (Fsp3) is 0.316. The van der Waals surface area contributed by atoms with E-state index < -0.39 is 28.5 Å². The van der Waals surface area contributed by atoms with Crippen LogP contribution in [0.4, 0.5) is 5.69 Å². The van der Waals surface area contributed by atoms with E-state index in [1.54, 1.807) is 36.4 Å². The van der Waals surface area contributed by atoms with Crippen molar-refractivity contribution in [2.24, 2.45) is 0 Å². The van der Waals surface area contributed by atoms with Gasteiger partial charge in [-0.25, -0.2) is 8.42 Å². The van der Waals surface area contributed by atoms with Crippen LogP contribution in [0.5, 0.6) is 0 Å². The first-order valence-corrected chi connectivity index (χ1v) is 18.0. The molecule has 0 radical (unpaired) electrons. The molecule has 2 amide bonds. The second kappa shape index (κ2) is 15.6. The highest BCUT2D eigenvalue weighted by Crippen LogP contribution is 2.29. The second-order valence-corrected chi connectivity index (χ2v) is 14.6. The lowest BCUT2D eigenvalue weighted by atomic mass is 9.94. The van der Waals surface area contributed by atoms with Crippen LogP contribution >= 0.6 is 11.6 Å². The standard InChI is InChI=1S/C38H42ClN3O4S/c1-28-18-23-35(29(2)24-28)42(47(45,46)34-16-10-5-11-17-34)27-37(43)41(26-31-19-21-32(39)22-20-31)36(25-30-12-6-3-7-13-30)38(44)40-33-14-8-4-9-15-33/h3,5-7,10-13,16-24,33,36H,4,8-9,14-15,25-27H2,1-2H3,(H,40,44). The summed E-state index contributed by atoms with van der Waals surface area (Å²) in [6, 6.07) is 29.5. The number of aryl methyl sites for hydroxylation is 2. The molecule has 4 aromatic rings. The molecule has 7 nitrogen and oxygen atoms in total. The maximum absolute atomic E-state index is 14.7. The average Bonchev–Trinajstić information content (AvgIpc) is 3.07. The first-order valence-electron chi connectivity index (χ1n) is 16.1. The molecule has 47 heavy (non-hydrogen) atoms. The van der Waals surface area contributed by atoms with Crippen molar-refractivity contribution >= 4 is 39.1 Å². The van der Waals surface area contributed by atoms with Crippen LogP contribution in [0.2, 0.25) is 5.02 Å². The molecule has 1 aliphatic carbocycles. The van der Waals surface area contributed by atoms with Crippen molar-refractivity contribution in [2.75, 3.05) is 10.8 Å². The van der Waals surface area contributed by atoms with E-state index in [1.165, 1.54) is 21.3 Å². The molecule has 0 spiro atoms. The van der Waals surface area contributed by atoms with Gasteiger partial charge in [0, 0.05) is 24.0 Å². The highest BCUT2D eigenvalue weighted by atomic mass is 35.5. The monoisotopic (exact) mass is 671 g/mol. The number of amides is 2. The van der Waals surface area contributed by atoms with E-state index in [1.807, 2.05) is 68.4 Å². The van der Waals surface area contributed by atoms with Crippen LogP contribution < -0.4 is 9.62 Å². The Kier molecular flexibility index (Phi) is 11.4. The van der Waals surface area contributed by atoms with Crippen molar-refractivity contribution in [3.05, 3.63) is 130 Å². The number of nitrogens with zero attached hydrogens (tertiary/aromatic N) is 2. The van der Waals surface area contributed by atoms with Gasteiger partial charge in [-0.15, -0.1) is 0 Å². The van der Waals surface area contributed by atoms with Gasteiger partial charge in [0.15, 0.2) is 0 Å². The SMILES string of the molecule is Cc1ccc(N(CC(=O)N(Cc2ccc(Cl)cc2)C(Cc2ccccc2)C(=O)NC2CCCCC2)S(=O)(=O)c2ccccc2)c(C)c1. The summed E-state index contributed by atoms with van der Waals surface area (Å²) in [6.07, 6.45) is 5.29. The van der Waals surface area contributed by atoms with Crippen molar-refractivity contribution in [2.45, 2.75) is 75.9 Å². The number of anilines is 1. The summed E-state index contributed by atoms with van der Waals surface area (Å²) in [5.41, 5.74) is 3.77. The number of benzene rings is 4. The first-order chi connectivity index (χ1) is 22.6. The summed E-state index contributed by atoms with van der Waals surface area (Å²) in [4.78, 5) is 30.5. The third kappa shape index (κ3) is 8.82. The number of rotatable bonds is 12. The molecular weight excluding hydrogens is 630 g/mol. The Morgan fingerprint density at radius 1 is 0.830 bits per heavy atom. The van der Waals surface area contributed by atoms with E-state index in [9.17, 15) is 18.0 Å². The van der Waals surface area contributed by atoms with Crippen molar-refractivity contribution in [3.8, 4) is 0 Å². The molecule has 1 fully saturated rings. The van der Waals surface area contributed by atoms with E-state index in [4.69, 9.17) is 11.6 Å². The number of hydrogen-bond donors (Lipinski definition) is 1. The molecule has 5 rings (SSSR count). The van der Waals surface area contributed by atoms with Crippen molar-refractivity contribution in [1.82, 2.24) is 10.2 Å². The summed E-state index contributed by atoms with van der Waals surface area (Å²) >= 11 is 6.19. The number of carbonyl (C=O) groups is 2. The Labute approximate surface area is 283 Å². The number of sulfonamides is 1. The maximum Gasteiger partial charge on any atom is 0.264 e. The van der Waals surface area contributed by atoms with Gasteiger partial charge < -0.3 is 10.2 Å². The van der Waals surface area contributed by atoms with Gasteiger partial charge in [-0.05, 0) is 73.7 Å². The Bertz CT molecular complexity index is 1760. The molecule has 0 aromatic heterocycles. The highest BCUT2D eigenvalue weighted by Gasteiger charge is 2.35. The zero-order valence-corrected chi connectivity index (χ0v) is 28.5. The Morgan fingerprint density at radius 3 is 2.11 bits per heavy atom. The molecule has 1 atom stereocenters. The van der Waals surface area contributed by atoms with Crippen LogP contribution in [0.1, 0.15) is 54.4 Å². The summed E-state index contributed by atoms with van der Waals surface area (Å²) < 4.78 is 29.7. The molecule has 1 unspecified atom stereocenters. The van der Waals surface area contributed by atoms with Crippen LogP contribution in [0, 0.1) is 13.8 Å². The van der Waals surface area contributed by atoms with Crippen LogP contribution in [0.3, 0.4) is 0 Å². The molecule has 9 heteroatoms. The van der Waals surface area contributed by atoms with Gasteiger partial charge in [0.2, 0.25) is 11.8 Å². The van der Waals surface area contributed by atoms with E-state index in [-0.39, 0.29) is 29.8 Å². The zero-order chi connectivity index (χ0) is 33.4. The van der Waals surface area contributed by atoms with Crippen LogP contribution in [-0.4, -0.2) is 43.8 Å². The zero-order valence-electron chi connectivity index (χ0n) is 26.9. The molecule has 1 saturated carbocycles. The Balaban J connectivity index is 1.57. The van der Waals surface area contributed by atoms with Gasteiger partial charge in [0.05, 0.1) is 10.6 Å². The predicted octanol–water partition coefficient (Wildman–Crippen LogP) is 7.24. The average molecular weight is 672 g/mol. The third-order valence-electron chi connectivity index (χ3n) is 8.72. The summed E-state index contributed by atoms with van der Waals surface area (Å²) in [6.45, 7) is 3.38. The molecule has 246 valence electrons. The third-order valence-corrected chi connectivity index (χ3v) is 10.7. The molecular formula is C38H42ClN3O4S. The second-order valence-electron chi connectivity index (χ2n) is 12.3. The van der Waals surface area contributed by atoms with E-state index in [0.717, 1.165) is 54.4 Å². The lowest BCUT2D eigenvalue weighted by Gasteiger charge is -2.35. The minimum Gasteiger partial charge on any atom is -0.352 e. The molecule has 0 aliphatic heterocycles. The molecule has 1 N–H and O–H groups in total. The molecule has 0 heterocycles. The van der Waals surface area contributed by atoms with Gasteiger partial charge >= 0.3 is 0 Å². The summed E-state index contributed by atoms with van der Waals surface area (Å²) in [5, 5.41) is 3.79. The number of halogens is 1. The van der Waals surface area contributed by atoms with E-state index in [2.05, 4.69) is 5.32 Å². The van der Waals surface area contributed by atoms with E-state index in [0.29, 0.717) is 10.7 Å². The topological polar surface area (TPSA) is 86.8 Å². The van der Waals surface area contributed by atoms with Gasteiger partial charge in [-0.2, -0.15) is 0 Å². The van der Waals surface area contributed by atoms with Crippen LogP contribution in [0.15, 0.2) is 108 Å². The molecule has 4 aromatic carbocycles. The van der Waals surface area contributed by atoms with Crippen molar-refractivity contribution in [1.29, 1.82) is 0 Å². The number of nitrogens with one attached hydrogen (secondary N) is 1. The Morgan fingerprint density at radius 2 is 1.47 bits per heavy atom. The van der Waals surface area contributed by atoms with Crippen LogP contribution in [-0.2, 0) is 32.6 Å². The highest BCUT2D eigenvalue weighted by molar-refractivity contribution is 7.92. The first kappa shape index (κ1) is 34.2. The fourth-order valence-corrected chi connectivity index (χ4v) is 7.83. The van der Waals surface area contributed by atoms with Gasteiger partial charge in [-0.1, -0.05) is 109 Å². The molecule has 0 bridgehead atoms. The summed E-state index contributed by atoms with van der Waals surface area (Å²) in [7, 11) is -4.16. The largest absolute Gasteiger partial charge is 0.352 e. The predicted molar refractivity (Wildman–Crippen MR) is 188 cm³/mol. The maximum atomic E-state index is 14.7. The van der Waals surface area contributed by atoms with Crippen molar-refractivity contribution in [3.63, 3.8) is 0 Å². The lowest BCUT2D eigenvalue weighted by molar-refractivity contribution is -0.140. The number of hydrogen-bond acceptors (Lipinski definition) is 4. The van der Waals surface area contributed by atoms with Gasteiger partial charge in [0.1, 0.15) is 12.6 Å². The summed E-state index contributed by atoms with van der Waals surface area (Å²) in [5.74, 6) is -0.730. The van der Waals surface area contributed by atoms with Crippen molar-refractivity contribution < 1.29 is 18.0 Å². The fourth-order valence-electron chi connectivity index (χ4n) is 6.20. The Hall–Kier alpha value is -4.14. The van der Waals surface area contributed by atoms with Gasteiger partial charge in [-0.3, -0.25) is 13.9 Å². The smallest absolute Gasteiger partial charge is 0.264 e. The molecule has 1 aliphatic rings. The minimum atomic E-state index is -4.16. The number of carbonyl (C=O) groups excluding carboxylic acids is 2. The van der Waals surface area contributed by atoms with Crippen LogP contribution in [0.25, 0.3) is 0 Å². The van der Waals surface area contributed by atoms with E-state index >= 15 is 0 Å². The van der Waals surface area contributed by atoms with Gasteiger partial charge in [0.25, 0.3) is 10.0 Å². The lowest BCUT2D eigenvalue weighted by Crippen LogP contribution is -2.55. The molecule has 0 saturated heterocycles. The quantitative estimate of drug-likeness (QED) is 0.172. The minimum absolute atomic E-state index is 0.0344.